The Morgan fingerprint density at radius 2 is 2.21 bits per heavy atom. The fraction of sp³-hybridized carbons (Fsp3) is 0.667. The van der Waals surface area contributed by atoms with Crippen molar-refractivity contribution < 1.29 is 5.11 Å². The Kier molecular flexibility index (Phi) is 2.93. The molecule has 0 aromatic carbocycles. The second-order valence-corrected chi connectivity index (χ2v) is 5.32. The van der Waals surface area contributed by atoms with Crippen LogP contribution < -0.4 is 0 Å². The van der Waals surface area contributed by atoms with Gasteiger partial charge in [0.05, 0.1) is 6.10 Å². The van der Waals surface area contributed by atoms with Crippen LogP contribution >= 0.6 is 11.3 Å². The lowest BCUT2D eigenvalue weighted by Gasteiger charge is -2.32. The highest BCUT2D eigenvalue weighted by Gasteiger charge is 2.39. The number of aliphatic hydroxyl groups excluding tert-OH is 1. The molecule has 0 aliphatic heterocycles. The molecule has 1 N–H and O–H groups in total. The van der Waals surface area contributed by atoms with Gasteiger partial charge in [-0.25, -0.2) is 0 Å². The summed E-state index contributed by atoms with van der Waals surface area (Å²) in [6, 6.07) is 4.09. The molecule has 2 rings (SSSR count). The summed E-state index contributed by atoms with van der Waals surface area (Å²) in [5, 5.41) is 12.4. The van der Waals surface area contributed by atoms with E-state index in [1.54, 1.807) is 11.3 Å². The smallest absolute Gasteiger partial charge is 0.0937 e. The van der Waals surface area contributed by atoms with Crippen LogP contribution in [0.15, 0.2) is 17.5 Å². The van der Waals surface area contributed by atoms with Gasteiger partial charge in [0, 0.05) is 10.3 Å². The number of thiophene rings is 1. The van der Waals surface area contributed by atoms with E-state index in [1.165, 1.54) is 25.7 Å². The van der Waals surface area contributed by atoms with Crippen LogP contribution in [0, 0.1) is 5.41 Å². The van der Waals surface area contributed by atoms with Crippen molar-refractivity contribution in [2.45, 2.75) is 45.1 Å². The van der Waals surface area contributed by atoms with Crippen molar-refractivity contribution in [3.05, 3.63) is 22.4 Å². The van der Waals surface area contributed by atoms with E-state index in [2.05, 4.69) is 18.4 Å². The first-order chi connectivity index (χ1) is 6.78. The quantitative estimate of drug-likeness (QED) is 0.805. The topological polar surface area (TPSA) is 20.2 Å². The molecule has 1 unspecified atom stereocenters. The van der Waals surface area contributed by atoms with Gasteiger partial charge in [0.25, 0.3) is 0 Å². The van der Waals surface area contributed by atoms with Gasteiger partial charge in [-0.05, 0) is 30.7 Å². The van der Waals surface area contributed by atoms with Gasteiger partial charge < -0.3 is 5.11 Å². The minimum absolute atomic E-state index is 0.185. The average molecular weight is 210 g/mol. The third-order valence-corrected chi connectivity index (χ3v) is 4.62. The molecule has 1 atom stereocenters. The molecule has 78 valence electrons. The summed E-state index contributed by atoms with van der Waals surface area (Å²) in [7, 11) is 0. The molecule has 1 heterocycles. The second kappa shape index (κ2) is 4.03. The third-order valence-electron chi connectivity index (χ3n) is 3.70. The summed E-state index contributed by atoms with van der Waals surface area (Å²) in [5.74, 6) is 0. The lowest BCUT2D eigenvalue weighted by molar-refractivity contribution is 0.0265. The van der Waals surface area contributed by atoms with Crippen molar-refractivity contribution in [1.29, 1.82) is 0 Å². The van der Waals surface area contributed by atoms with Gasteiger partial charge in [-0.1, -0.05) is 25.8 Å². The molecule has 0 bridgehead atoms. The Morgan fingerprint density at radius 3 is 2.71 bits per heavy atom. The van der Waals surface area contributed by atoms with Crippen molar-refractivity contribution in [1.82, 2.24) is 0 Å². The SMILES string of the molecule is CCC1(C(O)c2cccs2)CCCC1. The minimum atomic E-state index is -0.227. The molecule has 14 heavy (non-hydrogen) atoms. The monoisotopic (exact) mass is 210 g/mol. The molecule has 1 aliphatic rings. The molecule has 0 saturated heterocycles. The normalized spacial score (nSPS) is 22.4. The second-order valence-electron chi connectivity index (χ2n) is 4.34. The fourth-order valence-electron chi connectivity index (χ4n) is 2.65. The van der Waals surface area contributed by atoms with Crippen LogP contribution in [-0.2, 0) is 0 Å². The largest absolute Gasteiger partial charge is 0.387 e. The van der Waals surface area contributed by atoms with Crippen LogP contribution in [0.5, 0.6) is 0 Å². The third kappa shape index (κ3) is 1.61. The van der Waals surface area contributed by atoms with Gasteiger partial charge in [0.2, 0.25) is 0 Å². The van der Waals surface area contributed by atoms with E-state index in [1.807, 2.05) is 6.07 Å². The van der Waals surface area contributed by atoms with Crippen LogP contribution in [0.3, 0.4) is 0 Å². The zero-order valence-electron chi connectivity index (χ0n) is 8.70. The molecule has 0 amide bonds. The maximum Gasteiger partial charge on any atom is 0.0937 e. The van der Waals surface area contributed by atoms with E-state index < -0.39 is 0 Å². The molecule has 1 nitrogen and oxygen atoms in total. The van der Waals surface area contributed by atoms with E-state index in [-0.39, 0.29) is 11.5 Å². The summed E-state index contributed by atoms with van der Waals surface area (Å²) in [6.45, 7) is 2.21. The Morgan fingerprint density at radius 1 is 1.50 bits per heavy atom. The molecule has 1 saturated carbocycles. The molecular formula is C12H18OS. The summed E-state index contributed by atoms with van der Waals surface area (Å²) >= 11 is 1.68. The highest BCUT2D eigenvalue weighted by atomic mass is 32.1. The molecule has 0 radical (unpaired) electrons. The van der Waals surface area contributed by atoms with Crippen LogP contribution in [-0.4, -0.2) is 5.11 Å². The van der Waals surface area contributed by atoms with Crippen molar-refractivity contribution >= 4 is 11.3 Å². The van der Waals surface area contributed by atoms with Gasteiger partial charge >= 0.3 is 0 Å². The number of hydrogen-bond acceptors (Lipinski definition) is 2. The van der Waals surface area contributed by atoms with Crippen LogP contribution in [0.1, 0.15) is 50.0 Å². The number of aliphatic hydroxyl groups is 1. The summed E-state index contributed by atoms with van der Waals surface area (Å²) < 4.78 is 0. The number of rotatable bonds is 3. The first-order valence-electron chi connectivity index (χ1n) is 5.50. The Balaban J connectivity index is 2.19. The standard InChI is InChI=1S/C12H18OS/c1-2-12(7-3-4-8-12)11(13)10-6-5-9-14-10/h5-6,9,11,13H,2-4,7-8H2,1H3. The lowest BCUT2D eigenvalue weighted by Crippen LogP contribution is -2.24. The zero-order chi connectivity index (χ0) is 10.0. The predicted molar refractivity (Wildman–Crippen MR) is 60.5 cm³/mol. The van der Waals surface area contributed by atoms with E-state index >= 15 is 0 Å². The minimum Gasteiger partial charge on any atom is -0.387 e. The zero-order valence-corrected chi connectivity index (χ0v) is 9.52. The molecule has 0 spiro atoms. The van der Waals surface area contributed by atoms with Crippen molar-refractivity contribution in [2.24, 2.45) is 5.41 Å². The van der Waals surface area contributed by atoms with E-state index in [9.17, 15) is 5.11 Å². The van der Waals surface area contributed by atoms with Gasteiger partial charge in [-0.3, -0.25) is 0 Å². The molecule has 1 aromatic heterocycles. The fourth-order valence-corrected chi connectivity index (χ4v) is 3.50. The van der Waals surface area contributed by atoms with Crippen LogP contribution in [0.2, 0.25) is 0 Å². The molecule has 1 aliphatic carbocycles. The maximum atomic E-state index is 10.4. The molecule has 1 aromatic rings. The molecular weight excluding hydrogens is 192 g/mol. The molecule has 2 heteroatoms. The molecule has 1 fully saturated rings. The number of hydrogen-bond donors (Lipinski definition) is 1. The highest BCUT2D eigenvalue weighted by molar-refractivity contribution is 7.10. The van der Waals surface area contributed by atoms with Crippen molar-refractivity contribution in [3.63, 3.8) is 0 Å². The average Bonchev–Trinajstić information content (AvgIpc) is 2.89. The van der Waals surface area contributed by atoms with E-state index in [4.69, 9.17) is 0 Å². The Labute approximate surface area is 89.8 Å². The summed E-state index contributed by atoms with van der Waals surface area (Å²) in [4.78, 5) is 1.15. The summed E-state index contributed by atoms with van der Waals surface area (Å²) in [5.41, 5.74) is 0.185. The lowest BCUT2D eigenvalue weighted by atomic mass is 9.77. The van der Waals surface area contributed by atoms with Gasteiger partial charge in [-0.2, -0.15) is 0 Å². The van der Waals surface area contributed by atoms with E-state index in [0.717, 1.165) is 11.3 Å². The van der Waals surface area contributed by atoms with Gasteiger partial charge in [-0.15, -0.1) is 11.3 Å². The van der Waals surface area contributed by atoms with Gasteiger partial charge in [0.15, 0.2) is 0 Å². The van der Waals surface area contributed by atoms with Gasteiger partial charge in [0.1, 0.15) is 0 Å². The van der Waals surface area contributed by atoms with Crippen LogP contribution in [0.4, 0.5) is 0 Å². The van der Waals surface area contributed by atoms with Crippen molar-refractivity contribution in [2.75, 3.05) is 0 Å². The summed E-state index contributed by atoms with van der Waals surface area (Å²) in [6.07, 6.45) is 5.85. The highest BCUT2D eigenvalue weighted by Crippen LogP contribution is 2.50. The maximum absolute atomic E-state index is 10.4. The Bertz CT molecular complexity index is 273. The first kappa shape index (κ1) is 10.2. The van der Waals surface area contributed by atoms with Crippen molar-refractivity contribution in [3.8, 4) is 0 Å². The van der Waals surface area contributed by atoms with E-state index in [0.29, 0.717) is 0 Å². The first-order valence-corrected chi connectivity index (χ1v) is 6.38. The predicted octanol–water partition coefficient (Wildman–Crippen LogP) is 3.75. The Hall–Kier alpha value is -0.340. The van der Waals surface area contributed by atoms with Crippen LogP contribution in [0.25, 0.3) is 0 Å².